The van der Waals surface area contributed by atoms with E-state index in [4.69, 9.17) is 5.21 Å². The lowest BCUT2D eigenvalue weighted by Gasteiger charge is -2.09. The first-order valence-electron chi connectivity index (χ1n) is 7.57. The van der Waals surface area contributed by atoms with E-state index in [2.05, 4.69) is 12.1 Å². The van der Waals surface area contributed by atoms with E-state index >= 15 is 0 Å². The van der Waals surface area contributed by atoms with Gasteiger partial charge in [-0.25, -0.2) is 0 Å². The van der Waals surface area contributed by atoms with Crippen LogP contribution in [0.1, 0.15) is 63.9 Å². The van der Waals surface area contributed by atoms with E-state index in [-0.39, 0.29) is 5.56 Å². The van der Waals surface area contributed by atoms with E-state index in [1.807, 2.05) is 0 Å². The average molecular weight is 295 g/mol. The van der Waals surface area contributed by atoms with Gasteiger partial charge in [-0.05, 0) is 25.0 Å². The van der Waals surface area contributed by atoms with Crippen molar-refractivity contribution in [3.05, 3.63) is 17.7 Å². The van der Waals surface area contributed by atoms with Gasteiger partial charge >= 0.3 is 0 Å². The molecule has 0 radical (unpaired) electrons. The third-order valence-electron chi connectivity index (χ3n) is 3.58. The Hall–Kier alpha value is -1.91. The highest BCUT2D eigenvalue weighted by Crippen LogP contribution is 2.37. The molecular formula is C16H25NO4. The molecule has 0 spiro atoms. The summed E-state index contributed by atoms with van der Waals surface area (Å²) in [4.78, 5) is 0. The summed E-state index contributed by atoms with van der Waals surface area (Å²) < 4.78 is 0. The first-order valence-corrected chi connectivity index (χ1v) is 7.57. The first-order chi connectivity index (χ1) is 10.1. The van der Waals surface area contributed by atoms with E-state index in [1.54, 1.807) is 0 Å². The Balaban J connectivity index is 2.48. The van der Waals surface area contributed by atoms with Gasteiger partial charge < -0.3 is 20.5 Å². The highest BCUT2D eigenvalue weighted by molar-refractivity contribution is 6.03. The number of phenols is 3. The number of nitrogens with zero attached hydrogens (tertiary/aromatic N) is 1. The number of phenolic OH excluding ortho intramolecular Hbond substituents is 3. The van der Waals surface area contributed by atoms with Crippen molar-refractivity contribution in [2.24, 2.45) is 5.16 Å². The standard InChI is InChI=1S/C16H25NO4/c1-2-3-4-5-6-7-8-9-13(17-21)12-10-11-14(18)16(20)15(12)19/h10-11,18-21H,2-9H2,1H3/b17-13-. The fourth-order valence-electron chi connectivity index (χ4n) is 2.29. The lowest BCUT2D eigenvalue weighted by atomic mass is 10.0. The summed E-state index contributed by atoms with van der Waals surface area (Å²) in [6, 6.07) is 2.70. The van der Waals surface area contributed by atoms with Crippen molar-refractivity contribution in [1.82, 2.24) is 0 Å². The van der Waals surface area contributed by atoms with Crippen molar-refractivity contribution in [2.45, 2.75) is 58.3 Å². The molecule has 0 fully saturated rings. The van der Waals surface area contributed by atoms with Crippen LogP contribution in [0.15, 0.2) is 17.3 Å². The van der Waals surface area contributed by atoms with Crippen LogP contribution in [0.2, 0.25) is 0 Å². The zero-order valence-corrected chi connectivity index (χ0v) is 12.5. The third kappa shape index (κ3) is 5.17. The van der Waals surface area contributed by atoms with Crippen molar-refractivity contribution in [2.75, 3.05) is 0 Å². The maximum absolute atomic E-state index is 9.78. The van der Waals surface area contributed by atoms with Crippen LogP contribution in [-0.4, -0.2) is 26.2 Å². The van der Waals surface area contributed by atoms with Gasteiger partial charge in [-0.2, -0.15) is 0 Å². The van der Waals surface area contributed by atoms with Crippen molar-refractivity contribution in [1.29, 1.82) is 0 Å². The van der Waals surface area contributed by atoms with Crippen LogP contribution >= 0.6 is 0 Å². The quantitative estimate of drug-likeness (QED) is 0.181. The summed E-state index contributed by atoms with van der Waals surface area (Å²) in [5.74, 6) is -1.44. The normalized spacial score (nSPS) is 11.8. The topological polar surface area (TPSA) is 93.3 Å². The number of benzene rings is 1. The molecule has 0 aliphatic carbocycles. The Morgan fingerprint density at radius 1 is 0.905 bits per heavy atom. The lowest BCUT2D eigenvalue weighted by Crippen LogP contribution is -2.02. The van der Waals surface area contributed by atoms with E-state index in [1.165, 1.54) is 37.8 Å². The molecule has 0 aliphatic heterocycles. The number of oxime groups is 1. The van der Waals surface area contributed by atoms with Crippen molar-refractivity contribution in [3.63, 3.8) is 0 Å². The minimum Gasteiger partial charge on any atom is -0.504 e. The minimum absolute atomic E-state index is 0.249. The van der Waals surface area contributed by atoms with Gasteiger partial charge in [0.1, 0.15) is 0 Å². The molecule has 0 atom stereocenters. The molecule has 1 rings (SSSR count). The molecule has 21 heavy (non-hydrogen) atoms. The molecular weight excluding hydrogens is 270 g/mol. The zero-order chi connectivity index (χ0) is 15.7. The molecule has 4 N–H and O–H groups in total. The lowest BCUT2D eigenvalue weighted by molar-refractivity contribution is 0.317. The Labute approximate surface area is 125 Å². The Kier molecular flexibility index (Phi) is 7.43. The molecule has 0 saturated carbocycles. The summed E-state index contributed by atoms with van der Waals surface area (Å²) in [6.07, 6.45) is 8.51. The molecule has 5 heteroatoms. The Morgan fingerprint density at radius 3 is 2.14 bits per heavy atom. The van der Waals surface area contributed by atoms with Crippen LogP contribution < -0.4 is 0 Å². The van der Waals surface area contributed by atoms with E-state index in [0.29, 0.717) is 12.1 Å². The fourth-order valence-corrected chi connectivity index (χ4v) is 2.29. The van der Waals surface area contributed by atoms with E-state index < -0.39 is 17.2 Å². The second-order valence-electron chi connectivity index (χ2n) is 5.25. The molecule has 5 nitrogen and oxygen atoms in total. The summed E-state index contributed by atoms with van der Waals surface area (Å²) in [5, 5.41) is 40.8. The molecule has 0 heterocycles. The molecule has 0 unspecified atom stereocenters. The SMILES string of the molecule is CCCCCCCCC/C(=N/O)c1ccc(O)c(O)c1O. The van der Waals surface area contributed by atoms with Crippen LogP contribution in [0.4, 0.5) is 0 Å². The van der Waals surface area contributed by atoms with E-state index in [0.717, 1.165) is 19.3 Å². The molecule has 1 aromatic carbocycles. The maximum Gasteiger partial charge on any atom is 0.200 e. The number of rotatable bonds is 9. The number of hydrogen-bond acceptors (Lipinski definition) is 5. The Bertz CT molecular complexity index is 472. The molecule has 0 amide bonds. The van der Waals surface area contributed by atoms with Crippen LogP contribution in [-0.2, 0) is 0 Å². The monoisotopic (exact) mass is 295 g/mol. The van der Waals surface area contributed by atoms with Gasteiger partial charge in [0.05, 0.1) is 5.71 Å². The second kappa shape index (κ2) is 9.10. The smallest absolute Gasteiger partial charge is 0.200 e. The molecule has 0 aromatic heterocycles. The van der Waals surface area contributed by atoms with Crippen molar-refractivity contribution >= 4 is 5.71 Å². The average Bonchev–Trinajstić information content (AvgIpc) is 2.49. The number of hydrogen-bond donors (Lipinski definition) is 4. The second-order valence-corrected chi connectivity index (χ2v) is 5.25. The van der Waals surface area contributed by atoms with Crippen LogP contribution in [0, 0.1) is 0 Å². The largest absolute Gasteiger partial charge is 0.504 e. The van der Waals surface area contributed by atoms with Gasteiger partial charge in [-0.1, -0.05) is 50.6 Å². The molecule has 1 aromatic rings. The molecule has 0 saturated heterocycles. The summed E-state index contributed by atoms with van der Waals surface area (Å²) in [6.45, 7) is 2.18. The van der Waals surface area contributed by atoms with Gasteiger partial charge in [-0.15, -0.1) is 0 Å². The number of unbranched alkanes of at least 4 members (excludes halogenated alkanes) is 6. The van der Waals surface area contributed by atoms with Crippen LogP contribution in [0.25, 0.3) is 0 Å². The predicted molar refractivity (Wildman–Crippen MR) is 82.4 cm³/mol. The predicted octanol–water partition coefficient (Wildman–Crippen LogP) is 4.12. The van der Waals surface area contributed by atoms with Crippen LogP contribution in [0.3, 0.4) is 0 Å². The Morgan fingerprint density at radius 2 is 1.52 bits per heavy atom. The van der Waals surface area contributed by atoms with Gasteiger partial charge in [0.25, 0.3) is 0 Å². The summed E-state index contributed by atoms with van der Waals surface area (Å²) >= 11 is 0. The maximum atomic E-state index is 9.78. The summed E-state index contributed by atoms with van der Waals surface area (Å²) in [7, 11) is 0. The van der Waals surface area contributed by atoms with Gasteiger partial charge in [0.2, 0.25) is 5.75 Å². The first kappa shape index (κ1) is 17.1. The van der Waals surface area contributed by atoms with Crippen molar-refractivity contribution in [3.8, 4) is 17.2 Å². The van der Waals surface area contributed by atoms with Gasteiger partial charge in [0, 0.05) is 5.56 Å². The van der Waals surface area contributed by atoms with Crippen molar-refractivity contribution < 1.29 is 20.5 Å². The van der Waals surface area contributed by atoms with Gasteiger partial charge in [-0.3, -0.25) is 0 Å². The highest BCUT2D eigenvalue weighted by atomic mass is 16.4. The zero-order valence-electron chi connectivity index (χ0n) is 12.5. The fraction of sp³-hybridized carbons (Fsp3) is 0.562. The number of aromatic hydroxyl groups is 3. The molecule has 0 aliphatic rings. The van der Waals surface area contributed by atoms with Gasteiger partial charge in [0.15, 0.2) is 11.5 Å². The highest BCUT2D eigenvalue weighted by Gasteiger charge is 2.15. The van der Waals surface area contributed by atoms with Crippen LogP contribution in [0.5, 0.6) is 17.2 Å². The molecule has 118 valence electrons. The summed E-state index contributed by atoms with van der Waals surface area (Å²) in [5.41, 5.74) is 0.565. The van der Waals surface area contributed by atoms with E-state index in [9.17, 15) is 15.3 Å². The third-order valence-corrected chi connectivity index (χ3v) is 3.58. The molecule has 0 bridgehead atoms. The minimum atomic E-state index is -0.590.